The number of carboxylic acid groups (broad SMARTS) is 1. The highest BCUT2D eigenvalue weighted by Crippen LogP contribution is 2.44. The maximum Gasteiger partial charge on any atom is 0.303 e. The third kappa shape index (κ3) is 5.26. The van der Waals surface area contributed by atoms with Gasteiger partial charge in [-0.25, -0.2) is 0 Å². The molecule has 5 heteroatoms. The van der Waals surface area contributed by atoms with E-state index in [1.165, 1.54) is 24.8 Å². The molecule has 0 radical (unpaired) electrons. The lowest BCUT2D eigenvalue weighted by Crippen LogP contribution is -2.36. The second kappa shape index (κ2) is 9.80. The molecule has 2 N–H and O–H groups in total. The molecular weight excluding hydrogens is 350 g/mol. The third-order valence-electron chi connectivity index (χ3n) is 5.78. The predicted octanol–water partition coefficient (Wildman–Crippen LogP) is 4.57. The molecule has 1 aliphatic carbocycles. The molecule has 5 atom stereocenters. The molecule has 1 aliphatic heterocycles. The summed E-state index contributed by atoms with van der Waals surface area (Å²) in [4.78, 5) is 13.3. The van der Waals surface area contributed by atoms with Crippen molar-refractivity contribution < 1.29 is 15.0 Å². The van der Waals surface area contributed by atoms with E-state index in [4.69, 9.17) is 16.7 Å². The Balaban J connectivity index is 2.14. The van der Waals surface area contributed by atoms with Crippen molar-refractivity contribution in [3.8, 4) is 0 Å². The summed E-state index contributed by atoms with van der Waals surface area (Å²) in [7, 11) is 2.10. The van der Waals surface area contributed by atoms with Crippen LogP contribution in [0, 0.1) is 11.8 Å². The van der Waals surface area contributed by atoms with Gasteiger partial charge in [-0.2, -0.15) is 0 Å². The summed E-state index contributed by atoms with van der Waals surface area (Å²) in [5.74, 6) is -0.786. The second-order valence-corrected chi connectivity index (χ2v) is 8.58. The van der Waals surface area contributed by atoms with Gasteiger partial charge in [-0.15, -0.1) is 11.6 Å². The van der Waals surface area contributed by atoms with Gasteiger partial charge in [0.15, 0.2) is 0 Å². The average molecular weight is 384 g/mol. The van der Waals surface area contributed by atoms with Crippen LogP contribution >= 0.6 is 11.6 Å². The van der Waals surface area contributed by atoms with Crippen molar-refractivity contribution in [1.82, 2.24) is 4.90 Å². The van der Waals surface area contributed by atoms with E-state index >= 15 is 0 Å². The van der Waals surface area contributed by atoms with Crippen LogP contribution < -0.4 is 0 Å². The van der Waals surface area contributed by atoms with Crippen LogP contribution in [0.2, 0.25) is 0 Å². The number of likely N-dealkylation sites (N-methyl/N-ethyl adjacent to an activating group) is 1. The van der Waals surface area contributed by atoms with Crippen molar-refractivity contribution in [3.05, 3.63) is 23.4 Å². The third-order valence-corrected chi connectivity index (χ3v) is 6.09. The van der Waals surface area contributed by atoms with Gasteiger partial charge in [0, 0.05) is 31.1 Å². The van der Waals surface area contributed by atoms with E-state index in [0.29, 0.717) is 6.42 Å². The van der Waals surface area contributed by atoms with Crippen LogP contribution in [0.3, 0.4) is 0 Å². The van der Waals surface area contributed by atoms with Gasteiger partial charge in [-0.05, 0) is 36.8 Å². The Morgan fingerprint density at radius 3 is 2.77 bits per heavy atom. The number of unbranched alkanes of at least 4 members (excludes halogenated alkanes) is 3. The minimum absolute atomic E-state index is 0.0127. The first-order chi connectivity index (χ1) is 12.3. The van der Waals surface area contributed by atoms with Gasteiger partial charge in [0.2, 0.25) is 0 Å². The Morgan fingerprint density at radius 2 is 2.12 bits per heavy atom. The Morgan fingerprint density at radius 1 is 1.38 bits per heavy atom. The van der Waals surface area contributed by atoms with Gasteiger partial charge >= 0.3 is 5.97 Å². The van der Waals surface area contributed by atoms with Gasteiger partial charge in [-0.3, -0.25) is 4.79 Å². The van der Waals surface area contributed by atoms with Crippen LogP contribution in [0.1, 0.15) is 65.2 Å². The number of alkyl halides is 1. The predicted molar refractivity (Wildman–Crippen MR) is 106 cm³/mol. The summed E-state index contributed by atoms with van der Waals surface area (Å²) in [6.07, 6.45) is 11.1. The zero-order chi connectivity index (χ0) is 19.3. The molecule has 148 valence electrons. The van der Waals surface area contributed by atoms with Crippen LogP contribution in [0.25, 0.3) is 0 Å². The summed E-state index contributed by atoms with van der Waals surface area (Å²) in [6, 6.07) is 0.262. The molecule has 0 aromatic rings. The zero-order valence-corrected chi connectivity index (χ0v) is 17.1. The summed E-state index contributed by atoms with van der Waals surface area (Å²) >= 11 is 6.34. The van der Waals surface area contributed by atoms with Crippen molar-refractivity contribution in [2.75, 3.05) is 7.05 Å². The average Bonchev–Trinajstić information content (AvgIpc) is 2.83. The molecular formula is C21H34ClNO3. The van der Waals surface area contributed by atoms with E-state index in [9.17, 15) is 9.90 Å². The van der Waals surface area contributed by atoms with Crippen molar-refractivity contribution in [1.29, 1.82) is 0 Å². The largest absolute Gasteiger partial charge is 0.481 e. The number of carbonyl (C=O) groups is 1. The molecule has 2 aliphatic rings. The smallest absolute Gasteiger partial charge is 0.303 e. The van der Waals surface area contributed by atoms with E-state index in [2.05, 4.69) is 31.0 Å². The highest BCUT2D eigenvalue weighted by atomic mass is 35.5. The van der Waals surface area contributed by atoms with E-state index in [0.717, 1.165) is 25.0 Å². The normalized spacial score (nSPS) is 27.6. The van der Waals surface area contributed by atoms with Crippen molar-refractivity contribution in [2.45, 2.75) is 82.7 Å². The number of nitrogens with zero attached hydrogens (tertiary/aromatic N) is 1. The van der Waals surface area contributed by atoms with E-state index < -0.39 is 12.1 Å². The first-order valence-corrected chi connectivity index (χ1v) is 10.5. The molecule has 0 saturated carbocycles. The van der Waals surface area contributed by atoms with Crippen LogP contribution in [-0.2, 0) is 4.79 Å². The zero-order valence-electron chi connectivity index (χ0n) is 16.3. The van der Waals surface area contributed by atoms with Gasteiger partial charge < -0.3 is 15.1 Å². The van der Waals surface area contributed by atoms with E-state index in [1.54, 1.807) is 0 Å². The van der Waals surface area contributed by atoms with Crippen LogP contribution in [-0.4, -0.2) is 45.7 Å². The molecule has 0 aromatic heterocycles. The molecule has 1 saturated heterocycles. The van der Waals surface area contributed by atoms with Crippen molar-refractivity contribution in [2.24, 2.45) is 11.8 Å². The number of allylic oxidation sites excluding steroid dienone is 3. The minimum Gasteiger partial charge on any atom is -0.481 e. The first kappa shape index (κ1) is 21.3. The highest BCUT2D eigenvalue weighted by molar-refractivity contribution is 6.22. The van der Waals surface area contributed by atoms with Gasteiger partial charge in [0.05, 0.1) is 11.5 Å². The molecule has 2 rings (SSSR count). The quantitative estimate of drug-likeness (QED) is 0.428. The Hall–Kier alpha value is -1.00. The summed E-state index contributed by atoms with van der Waals surface area (Å²) in [5, 5.41) is 20.0. The molecule has 26 heavy (non-hydrogen) atoms. The molecule has 0 bridgehead atoms. The number of rotatable bonds is 10. The molecule has 0 amide bonds. The number of hydrogen-bond acceptors (Lipinski definition) is 3. The molecule has 0 spiro atoms. The number of fused-ring (bicyclic) bond motifs is 1. The Labute approximate surface area is 162 Å². The topological polar surface area (TPSA) is 60.8 Å². The molecule has 3 unspecified atom stereocenters. The van der Waals surface area contributed by atoms with Crippen molar-refractivity contribution >= 4 is 17.6 Å². The Bertz CT molecular complexity index is 545. The first-order valence-electron chi connectivity index (χ1n) is 10.0. The standard InChI is InChI=1S/C21H34ClNO3/c1-4-5-6-7-8-17-21(19(24)11-14(2)12-20(25)26)16-10-9-15(22)13-18(16)23(17)3/h10,13-15,17,19,21,24H,4-9,11-12H2,1-3H3,(H,25,26)/t14?,15?,17?,19-,21+/m0/s1. The number of aliphatic hydroxyl groups is 1. The lowest BCUT2D eigenvalue weighted by atomic mass is 9.81. The lowest BCUT2D eigenvalue weighted by Gasteiger charge is -2.30. The number of likely N-dealkylation sites (tertiary alicyclic amines) is 1. The summed E-state index contributed by atoms with van der Waals surface area (Å²) in [6.45, 7) is 4.12. The van der Waals surface area contributed by atoms with Crippen LogP contribution in [0.15, 0.2) is 23.4 Å². The Kier molecular flexibility index (Phi) is 8.03. The number of aliphatic carboxylic acids is 1. The van der Waals surface area contributed by atoms with E-state index in [1.807, 2.05) is 6.92 Å². The summed E-state index contributed by atoms with van der Waals surface area (Å²) < 4.78 is 0. The number of carboxylic acids is 1. The second-order valence-electron chi connectivity index (χ2n) is 8.02. The van der Waals surface area contributed by atoms with Crippen LogP contribution in [0.5, 0.6) is 0 Å². The van der Waals surface area contributed by atoms with Gasteiger partial charge in [0.1, 0.15) is 0 Å². The maximum atomic E-state index is 11.0. The molecule has 0 aromatic carbocycles. The molecule has 4 nitrogen and oxygen atoms in total. The fourth-order valence-corrected chi connectivity index (χ4v) is 4.70. The molecule has 1 heterocycles. The highest BCUT2D eigenvalue weighted by Gasteiger charge is 2.43. The fraction of sp³-hybridized carbons (Fsp3) is 0.762. The molecule has 1 fully saturated rings. The maximum absolute atomic E-state index is 11.0. The lowest BCUT2D eigenvalue weighted by molar-refractivity contribution is -0.138. The minimum atomic E-state index is -0.799. The fourth-order valence-electron chi connectivity index (χ4n) is 4.49. The number of halogens is 1. The number of aliphatic hydroxyl groups excluding tert-OH is 1. The van der Waals surface area contributed by atoms with Crippen LogP contribution in [0.4, 0.5) is 0 Å². The van der Waals surface area contributed by atoms with Crippen molar-refractivity contribution in [3.63, 3.8) is 0 Å². The van der Waals surface area contributed by atoms with Gasteiger partial charge in [0.25, 0.3) is 0 Å². The number of hydrogen-bond donors (Lipinski definition) is 2. The monoisotopic (exact) mass is 383 g/mol. The SMILES string of the molecule is CCCCCCC1[C@H]([C@@H](O)CC(C)CC(=O)O)C2=CCC(Cl)C=C2N1C. The summed E-state index contributed by atoms with van der Waals surface area (Å²) in [5.41, 5.74) is 2.37. The van der Waals surface area contributed by atoms with Gasteiger partial charge in [-0.1, -0.05) is 45.6 Å². The van der Waals surface area contributed by atoms with E-state index in [-0.39, 0.29) is 29.7 Å².